The van der Waals surface area contributed by atoms with Crippen LogP contribution in [0.2, 0.25) is 0 Å². The predicted molar refractivity (Wildman–Crippen MR) is 129 cm³/mol. The van der Waals surface area contributed by atoms with Crippen molar-refractivity contribution in [3.05, 3.63) is 65.8 Å². The molecule has 0 aliphatic heterocycles. The zero-order valence-corrected chi connectivity index (χ0v) is 19.4. The van der Waals surface area contributed by atoms with Crippen molar-refractivity contribution in [1.29, 1.82) is 0 Å². The first-order valence-corrected chi connectivity index (χ1v) is 12.6. The number of unbranched alkanes of at least 4 members (excludes halogenated alkanes) is 2. The van der Waals surface area contributed by atoms with Crippen molar-refractivity contribution in [3.8, 4) is 0 Å². The SMILES string of the molecule is C=CCCC1CCC(C=CC2CC=C(c3ccc(CCCCC)c(F)c3F)CC2)CC1. The summed E-state index contributed by atoms with van der Waals surface area (Å²) in [5.74, 6) is 0.847. The van der Waals surface area contributed by atoms with E-state index in [1.807, 2.05) is 6.08 Å². The molecule has 1 fully saturated rings. The average molecular weight is 427 g/mol. The van der Waals surface area contributed by atoms with Crippen LogP contribution in [0.5, 0.6) is 0 Å². The molecule has 1 saturated carbocycles. The Kier molecular flexibility index (Phi) is 9.55. The van der Waals surface area contributed by atoms with Crippen molar-refractivity contribution in [1.82, 2.24) is 0 Å². The van der Waals surface area contributed by atoms with Crippen LogP contribution in [0, 0.1) is 29.4 Å². The Hall–Kier alpha value is -1.70. The molecular formula is C29H40F2. The maximum Gasteiger partial charge on any atom is 0.166 e. The normalized spacial score (nSPS) is 24.4. The fraction of sp³-hybridized carbons (Fsp3) is 0.586. The van der Waals surface area contributed by atoms with E-state index in [-0.39, 0.29) is 0 Å². The van der Waals surface area contributed by atoms with Gasteiger partial charge in [0.05, 0.1) is 0 Å². The molecule has 0 nitrogen and oxygen atoms in total. The smallest absolute Gasteiger partial charge is 0.166 e. The minimum absolute atomic E-state index is 0.469. The second-order valence-corrected chi connectivity index (χ2v) is 9.65. The van der Waals surface area contributed by atoms with Gasteiger partial charge in [0.25, 0.3) is 0 Å². The molecule has 2 aliphatic rings. The third kappa shape index (κ3) is 6.89. The van der Waals surface area contributed by atoms with Crippen LogP contribution in [0.25, 0.3) is 5.57 Å². The topological polar surface area (TPSA) is 0 Å². The fourth-order valence-corrected chi connectivity index (χ4v) is 5.21. The highest BCUT2D eigenvalue weighted by Crippen LogP contribution is 2.36. The van der Waals surface area contributed by atoms with E-state index >= 15 is 0 Å². The van der Waals surface area contributed by atoms with Gasteiger partial charge < -0.3 is 0 Å². The molecule has 1 aromatic rings. The summed E-state index contributed by atoms with van der Waals surface area (Å²) in [6.07, 6.45) is 23.2. The summed E-state index contributed by atoms with van der Waals surface area (Å²) in [7, 11) is 0. The molecule has 1 aromatic carbocycles. The summed E-state index contributed by atoms with van der Waals surface area (Å²) in [6.45, 7) is 5.96. The van der Waals surface area contributed by atoms with Crippen molar-refractivity contribution < 1.29 is 8.78 Å². The van der Waals surface area contributed by atoms with Crippen molar-refractivity contribution in [3.63, 3.8) is 0 Å². The highest BCUT2D eigenvalue weighted by Gasteiger charge is 2.21. The first-order valence-electron chi connectivity index (χ1n) is 12.6. The minimum atomic E-state index is -0.651. The maximum atomic E-state index is 14.7. The van der Waals surface area contributed by atoms with E-state index < -0.39 is 11.6 Å². The molecule has 2 aliphatic carbocycles. The molecular weight excluding hydrogens is 386 g/mol. The van der Waals surface area contributed by atoms with Gasteiger partial charge in [-0.1, -0.05) is 56.2 Å². The Morgan fingerprint density at radius 2 is 1.74 bits per heavy atom. The molecule has 0 amide bonds. The molecule has 1 atom stereocenters. The van der Waals surface area contributed by atoms with Crippen LogP contribution in [0.4, 0.5) is 8.78 Å². The average Bonchev–Trinajstić information content (AvgIpc) is 2.80. The number of rotatable bonds is 10. The van der Waals surface area contributed by atoms with Crippen molar-refractivity contribution in [2.75, 3.05) is 0 Å². The summed E-state index contributed by atoms with van der Waals surface area (Å²) in [4.78, 5) is 0. The summed E-state index contributed by atoms with van der Waals surface area (Å²) in [5, 5.41) is 0. The van der Waals surface area contributed by atoms with Gasteiger partial charge in [0.1, 0.15) is 0 Å². The zero-order valence-electron chi connectivity index (χ0n) is 19.4. The van der Waals surface area contributed by atoms with Gasteiger partial charge in [-0.2, -0.15) is 0 Å². The first kappa shape index (κ1) is 24.0. The molecule has 0 radical (unpaired) electrons. The second kappa shape index (κ2) is 12.4. The molecule has 2 heteroatoms. The maximum absolute atomic E-state index is 14.7. The molecule has 0 aromatic heterocycles. The lowest BCUT2D eigenvalue weighted by Gasteiger charge is -2.27. The first-order chi connectivity index (χ1) is 15.1. The van der Waals surface area contributed by atoms with Crippen LogP contribution in [0.3, 0.4) is 0 Å². The lowest BCUT2D eigenvalue weighted by molar-refractivity contribution is 0.296. The monoisotopic (exact) mass is 426 g/mol. The molecule has 1 unspecified atom stereocenters. The molecule has 0 heterocycles. The van der Waals surface area contributed by atoms with Gasteiger partial charge in [0.2, 0.25) is 0 Å². The van der Waals surface area contributed by atoms with Crippen LogP contribution in [0.15, 0.2) is 43.0 Å². The van der Waals surface area contributed by atoms with Gasteiger partial charge in [0, 0.05) is 5.56 Å². The summed E-state index contributed by atoms with van der Waals surface area (Å²) < 4.78 is 29.2. The Morgan fingerprint density at radius 1 is 0.968 bits per heavy atom. The third-order valence-electron chi connectivity index (χ3n) is 7.34. The van der Waals surface area contributed by atoms with E-state index in [9.17, 15) is 8.78 Å². The van der Waals surface area contributed by atoms with E-state index in [0.717, 1.165) is 62.4 Å². The van der Waals surface area contributed by atoms with Crippen LogP contribution >= 0.6 is 0 Å². The Morgan fingerprint density at radius 3 is 2.42 bits per heavy atom. The number of allylic oxidation sites excluding steroid dienone is 5. The van der Waals surface area contributed by atoms with E-state index in [1.165, 1.54) is 32.1 Å². The largest absolute Gasteiger partial charge is 0.203 e. The Balaban J connectivity index is 1.51. The summed E-state index contributed by atoms with van der Waals surface area (Å²) in [5.41, 5.74) is 1.96. The van der Waals surface area contributed by atoms with Gasteiger partial charge in [-0.05, 0) is 99.5 Å². The van der Waals surface area contributed by atoms with Gasteiger partial charge in [-0.3, -0.25) is 0 Å². The minimum Gasteiger partial charge on any atom is -0.203 e. The van der Waals surface area contributed by atoms with E-state index in [2.05, 4.69) is 31.7 Å². The molecule has 0 saturated heterocycles. The molecule has 0 N–H and O–H groups in total. The standard InChI is InChI=1S/C29H40F2/c1-3-5-7-9-26-20-21-27(29(31)28(26)30)25-18-16-24(17-19-25)15-14-23-12-10-22(11-13-23)8-6-4-2/h4,14-15,18,20-24H,2-3,5-13,16-17,19H2,1H3. The van der Waals surface area contributed by atoms with E-state index in [0.29, 0.717) is 23.5 Å². The Bertz CT molecular complexity index is 765. The number of aryl methyl sites for hydroxylation is 1. The summed E-state index contributed by atoms with van der Waals surface area (Å²) in [6, 6.07) is 3.59. The number of hydrogen-bond donors (Lipinski definition) is 0. The lowest BCUT2D eigenvalue weighted by Crippen LogP contribution is -2.13. The summed E-state index contributed by atoms with van der Waals surface area (Å²) >= 11 is 0. The lowest BCUT2D eigenvalue weighted by atomic mass is 9.79. The molecule has 170 valence electrons. The van der Waals surface area contributed by atoms with E-state index in [4.69, 9.17) is 0 Å². The van der Waals surface area contributed by atoms with Crippen LogP contribution in [0.1, 0.15) is 95.1 Å². The van der Waals surface area contributed by atoms with Gasteiger partial charge in [-0.25, -0.2) is 8.78 Å². The van der Waals surface area contributed by atoms with Crippen molar-refractivity contribution >= 4 is 5.57 Å². The molecule has 0 bridgehead atoms. The predicted octanol–water partition coefficient (Wildman–Crippen LogP) is 9.21. The van der Waals surface area contributed by atoms with Crippen LogP contribution < -0.4 is 0 Å². The number of benzene rings is 1. The third-order valence-corrected chi connectivity index (χ3v) is 7.34. The number of halogens is 2. The Labute approximate surface area is 188 Å². The highest BCUT2D eigenvalue weighted by atomic mass is 19.2. The van der Waals surface area contributed by atoms with E-state index in [1.54, 1.807) is 12.1 Å². The molecule has 0 spiro atoms. The van der Waals surface area contributed by atoms with Crippen molar-refractivity contribution in [2.24, 2.45) is 17.8 Å². The van der Waals surface area contributed by atoms with Crippen LogP contribution in [-0.2, 0) is 6.42 Å². The number of hydrogen-bond acceptors (Lipinski definition) is 0. The van der Waals surface area contributed by atoms with Gasteiger partial charge >= 0.3 is 0 Å². The quantitative estimate of drug-likeness (QED) is 0.258. The molecule has 3 rings (SSSR count). The fourth-order valence-electron chi connectivity index (χ4n) is 5.21. The highest BCUT2D eigenvalue weighted by molar-refractivity contribution is 5.67. The molecule has 31 heavy (non-hydrogen) atoms. The van der Waals surface area contributed by atoms with Gasteiger partial charge in [0.15, 0.2) is 11.6 Å². The second-order valence-electron chi connectivity index (χ2n) is 9.65. The van der Waals surface area contributed by atoms with Crippen molar-refractivity contribution in [2.45, 2.75) is 90.4 Å². The zero-order chi connectivity index (χ0) is 22.1. The van der Waals surface area contributed by atoms with Crippen LogP contribution in [-0.4, -0.2) is 0 Å². The van der Waals surface area contributed by atoms with Gasteiger partial charge in [-0.15, -0.1) is 6.58 Å².